The van der Waals surface area contributed by atoms with E-state index in [9.17, 15) is 0 Å². The summed E-state index contributed by atoms with van der Waals surface area (Å²) in [6.45, 7) is 11.1. The Labute approximate surface area is 351 Å². The third-order valence-corrected chi connectivity index (χ3v) is 15.7. The molecule has 57 heavy (non-hydrogen) atoms. The molecule has 0 radical (unpaired) electrons. The average molecular weight is 834 g/mol. The van der Waals surface area contributed by atoms with Crippen molar-refractivity contribution < 1.29 is 0 Å². The Morgan fingerprint density at radius 1 is 0.439 bits per heavy atom. The number of aryl methyl sites for hydroxylation is 5. The molecule has 11 rings (SSSR count). The molecule has 2 aromatic heterocycles. The topological polar surface area (TPSA) is 0 Å². The minimum atomic E-state index is -0.528. The molecule has 0 spiro atoms. The lowest BCUT2D eigenvalue weighted by atomic mass is 9.65. The van der Waals surface area contributed by atoms with Crippen molar-refractivity contribution in [3.8, 4) is 22.3 Å². The van der Waals surface area contributed by atoms with Crippen molar-refractivity contribution in [3.63, 3.8) is 0 Å². The molecule has 2 aliphatic carbocycles. The van der Waals surface area contributed by atoms with E-state index in [1.165, 1.54) is 114 Å². The first-order valence-corrected chi connectivity index (χ1v) is 22.4. The maximum Gasteiger partial charge on any atom is 0.0714 e. The molecule has 3 heteroatoms. The zero-order valence-electron chi connectivity index (χ0n) is 32.8. The van der Waals surface area contributed by atoms with Crippen LogP contribution in [0.25, 0.3) is 42.4 Å². The molecule has 1 atom stereocenters. The second kappa shape index (κ2) is 12.7. The highest BCUT2D eigenvalue weighted by Crippen LogP contribution is 2.64. The molecular weight excluding hydrogens is 793 g/mol. The molecule has 0 bridgehead atoms. The molecule has 0 amide bonds. The largest absolute Gasteiger partial charge is 0.141 e. The Bertz CT molecular complexity index is 3020. The summed E-state index contributed by atoms with van der Waals surface area (Å²) >= 11 is 7.64. The molecule has 0 aliphatic heterocycles. The highest BCUT2D eigenvalue weighted by molar-refractivity contribution is 9.11. The van der Waals surface area contributed by atoms with Gasteiger partial charge >= 0.3 is 0 Å². The first kappa shape index (κ1) is 35.1. The van der Waals surface area contributed by atoms with Gasteiger partial charge in [-0.1, -0.05) is 133 Å². The predicted molar refractivity (Wildman–Crippen MR) is 248 cm³/mol. The number of fused-ring (bicyclic) bond motifs is 10. The third kappa shape index (κ3) is 4.83. The molecule has 2 aliphatic rings. The molecule has 7 aromatic carbocycles. The summed E-state index contributed by atoms with van der Waals surface area (Å²) in [7, 11) is 0. The van der Waals surface area contributed by atoms with Crippen LogP contribution < -0.4 is 0 Å². The molecule has 0 saturated heterocycles. The Morgan fingerprint density at radius 3 is 1.28 bits per heavy atom. The lowest BCUT2D eigenvalue weighted by Gasteiger charge is -2.36. The Balaban J connectivity index is 1.36. The van der Waals surface area contributed by atoms with E-state index in [0.29, 0.717) is 0 Å². The van der Waals surface area contributed by atoms with E-state index in [0.717, 1.165) is 10.2 Å². The van der Waals surface area contributed by atoms with Crippen molar-refractivity contribution in [2.24, 2.45) is 0 Å². The Kier molecular flexibility index (Phi) is 7.84. The van der Waals surface area contributed by atoms with E-state index in [-0.39, 0.29) is 0 Å². The fraction of sp³-hybridized carbons (Fsp3) is 0.148. The monoisotopic (exact) mass is 832 g/mol. The fourth-order valence-corrected chi connectivity index (χ4v) is 12.9. The minimum Gasteiger partial charge on any atom is -0.141 e. The fourth-order valence-electron chi connectivity index (χ4n) is 10.4. The SMILES string of the molecule is CCc1ccc(C2(c3ccc(C)cc3)c3cc4c(cc3-c3c2ccc2sc(C)cc32)C(c2ccc(C)cc2)(c2ccc(C)cc2)c2ccc3sc(Br)cc3c2-4)cc1. The number of benzene rings is 7. The third-order valence-electron chi connectivity index (χ3n) is 13.1. The average Bonchev–Trinajstić information content (AvgIpc) is 3.95. The standard InChI is InChI=1S/C54H41BrS2/c1-6-35-13-21-39(22-14-35)54(38-19-11-33(4)12-20-38)44-23-25-48-42(27-34(5)56-48)51(44)40-28-47-41(29-46(40)54)52-43-30-50(55)57-49(43)26-24-45(52)53(47,36-15-7-31(2)8-16-36)37-17-9-32(3)10-18-37/h7-30H,6H2,1-5H3. The van der Waals surface area contributed by atoms with Crippen molar-refractivity contribution >= 4 is 58.8 Å². The summed E-state index contributed by atoms with van der Waals surface area (Å²) in [5.74, 6) is 0. The summed E-state index contributed by atoms with van der Waals surface area (Å²) in [4.78, 5) is 1.34. The maximum atomic E-state index is 3.92. The quantitative estimate of drug-likeness (QED) is 0.162. The van der Waals surface area contributed by atoms with Crippen LogP contribution in [0.2, 0.25) is 0 Å². The van der Waals surface area contributed by atoms with Crippen LogP contribution in [0.1, 0.15) is 78.6 Å². The van der Waals surface area contributed by atoms with Gasteiger partial charge in [0.2, 0.25) is 0 Å². The van der Waals surface area contributed by atoms with E-state index in [2.05, 4.69) is 196 Å². The van der Waals surface area contributed by atoms with Crippen LogP contribution in [0.3, 0.4) is 0 Å². The van der Waals surface area contributed by atoms with Crippen molar-refractivity contribution in [1.29, 1.82) is 0 Å². The molecule has 276 valence electrons. The summed E-state index contributed by atoms with van der Waals surface area (Å²) in [5, 5.41) is 2.66. The number of hydrogen-bond donors (Lipinski definition) is 0. The highest BCUT2D eigenvalue weighted by Gasteiger charge is 2.52. The van der Waals surface area contributed by atoms with Gasteiger partial charge in [-0.05, 0) is 159 Å². The van der Waals surface area contributed by atoms with Gasteiger partial charge < -0.3 is 0 Å². The van der Waals surface area contributed by atoms with Crippen molar-refractivity contribution in [2.75, 3.05) is 0 Å². The van der Waals surface area contributed by atoms with Gasteiger partial charge in [0.1, 0.15) is 0 Å². The molecule has 0 saturated carbocycles. The van der Waals surface area contributed by atoms with Crippen molar-refractivity contribution in [1.82, 2.24) is 0 Å². The van der Waals surface area contributed by atoms with Crippen LogP contribution in [-0.4, -0.2) is 0 Å². The van der Waals surface area contributed by atoms with E-state index in [1.54, 1.807) is 0 Å². The highest BCUT2D eigenvalue weighted by atomic mass is 79.9. The molecular formula is C54H41BrS2. The van der Waals surface area contributed by atoms with Crippen LogP contribution in [0.5, 0.6) is 0 Å². The first-order chi connectivity index (χ1) is 27.7. The van der Waals surface area contributed by atoms with Gasteiger partial charge in [-0.25, -0.2) is 0 Å². The van der Waals surface area contributed by atoms with Gasteiger partial charge in [0.25, 0.3) is 0 Å². The lowest BCUT2D eigenvalue weighted by Crippen LogP contribution is -2.30. The number of halogens is 1. The zero-order chi connectivity index (χ0) is 38.8. The molecule has 0 fully saturated rings. The van der Waals surface area contributed by atoms with Gasteiger partial charge in [-0.2, -0.15) is 0 Å². The molecule has 9 aromatic rings. The molecule has 0 N–H and O–H groups in total. The van der Waals surface area contributed by atoms with E-state index in [1.807, 2.05) is 22.7 Å². The van der Waals surface area contributed by atoms with Gasteiger partial charge in [-0.3, -0.25) is 0 Å². The number of hydrogen-bond acceptors (Lipinski definition) is 2. The zero-order valence-corrected chi connectivity index (χ0v) is 36.0. The van der Waals surface area contributed by atoms with Gasteiger partial charge in [0.15, 0.2) is 0 Å². The van der Waals surface area contributed by atoms with Gasteiger partial charge in [0.05, 0.1) is 14.6 Å². The van der Waals surface area contributed by atoms with Crippen molar-refractivity contribution in [3.05, 3.63) is 221 Å². The lowest BCUT2D eigenvalue weighted by molar-refractivity contribution is 0.758. The summed E-state index contributed by atoms with van der Waals surface area (Å²) < 4.78 is 3.80. The van der Waals surface area contributed by atoms with Crippen LogP contribution in [0.15, 0.2) is 149 Å². The predicted octanol–water partition coefficient (Wildman–Crippen LogP) is 15.4. The van der Waals surface area contributed by atoms with Crippen LogP contribution in [0, 0.1) is 27.7 Å². The van der Waals surface area contributed by atoms with E-state index >= 15 is 0 Å². The number of thiophene rings is 2. The van der Waals surface area contributed by atoms with E-state index < -0.39 is 10.8 Å². The maximum absolute atomic E-state index is 3.92. The second-order valence-electron chi connectivity index (χ2n) is 16.3. The first-order valence-electron chi connectivity index (χ1n) is 20.0. The van der Waals surface area contributed by atoms with Crippen LogP contribution in [-0.2, 0) is 17.3 Å². The van der Waals surface area contributed by atoms with Gasteiger partial charge in [-0.15, -0.1) is 22.7 Å². The number of rotatable bonds is 5. The smallest absolute Gasteiger partial charge is 0.0714 e. The summed E-state index contributed by atoms with van der Waals surface area (Å²) in [6, 6.07) is 57.4. The molecule has 2 heterocycles. The van der Waals surface area contributed by atoms with E-state index in [4.69, 9.17) is 0 Å². The Morgan fingerprint density at radius 2 is 0.842 bits per heavy atom. The minimum absolute atomic E-state index is 0.522. The molecule has 1 unspecified atom stereocenters. The Hall–Kier alpha value is -5.06. The van der Waals surface area contributed by atoms with Crippen LogP contribution in [0.4, 0.5) is 0 Å². The van der Waals surface area contributed by atoms with Crippen molar-refractivity contribution in [2.45, 2.75) is 51.9 Å². The van der Waals surface area contributed by atoms with Crippen LogP contribution >= 0.6 is 38.6 Å². The van der Waals surface area contributed by atoms with Gasteiger partial charge in [0, 0.05) is 25.0 Å². The normalized spacial score (nSPS) is 16.2. The summed E-state index contributed by atoms with van der Waals surface area (Å²) in [6.07, 6.45) is 1.01. The molecule has 0 nitrogen and oxygen atoms in total. The second-order valence-corrected chi connectivity index (χ2v) is 20.1. The summed E-state index contributed by atoms with van der Waals surface area (Å²) in [5.41, 5.74) is 20.2.